The molecule has 0 saturated carbocycles. The normalized spacial score (nSPS) is 13.4. The number of carbonyl (C=O) groups excluding carboxylic acids is 1. The number of nitrogens with one attached hydrogen (secondary N) is 2. The zero-order valence-electron chi connectivity index (χ0n) is 21.0. The second kappa shape index (κ2) is 9.96. The maximum atomic E-state index is 13.6. The standard InChI is InChI=1S/C28H27N5O4S/c1-16(2)10-19(13-34)30-28(35)25-24(18-7-9-38-14-18)32-27-20(4-3-8-33(25)27)26-29-12-21(31-26)17-5-6-22-23(11-17)37-15-36-22/h3-9,11-12,14,16,19,34H,10,13,15H2,1-2H3,(H,29,31)(H,30,35)/t19-/m0/s1. The molecule has 0 unspecified atom stereocenters. The van der Waals surface area contributed by atoms with Gasteiger partial charge in [0.05, 0.1) is 30.1 Å². The van der Waals surface area contributed by atoms with Crippen LogP contribution in [0.25, 0.3) is 39.5 Å². The fourth-order valence-electron chi connectivity index (χ4n) is 4.74. The quantitative estimate of drug-likeness (QED) is 0.261. The number of hydrogen-bond acceptors (Lipinski definition) is 7. The molecule has 4 aromatic heterocycles. The summed E-state index contributed by atoms with van der Waals surface area (Å²) in [4.78, 5) is 26.5. The second-order valence-electron chi connectivity index (χ2n) is 9.63. The number of H-pyrrole nitrogens is 1. The van der Waals surface area contributed by atoms with Gasteiger partial charge in [-0.1, -0.05) is 13.8 Å². The number of aromatic amines is 1. The Labute approximate surface area is 223 Å². The van der Waals surface area contributed by atoms with E-state index in [-0.39, 0.29) is 25.3 Å². The third-order valence-corrected chi connectivity index (χ3v) is 7.17. The van der Waals surface area contributed by atoms with E-state index in [2.05, 4.69) is 29.1 Å². The van der Waals surface area contributed by atoms with Crippen LogP contribution < -0.4 is 14.8 Å². The highest BCUT2D eigenvalue weighted by Gasteiger charge is 2.25. The minimum atomic E-state index is -0.346. The predicted molar refractivity (Wildman–Crippen MR) is 145 cm³/mol. The van der Waals surface area contributed by atoms with E-state index in [1.807, 2.05) is 53.4 Å². The van der Waals surface area contributed by atoms with Crippen molar-refractivity contribution in [1.82, 2.24) is 24.7 Å². The van der Waals surface area contributed by atoms with Gasteiger partial charge >= 0.3 is 0 Å². The molecule has 5 aromatic rings. The van der Waals surface area contributed by atoms with Gasteiger partial charge in [0.1, 0.15) is 22.9 Å². The van der Waals surface area contributed by atoms with Crippen LogP contribution in [0.4, 0.5) is 0 Å². The summed E-state index contributed by atoms with van der Waals surface area (Å²) in [6.07, 6.45) is 4.27. The van der Waals surface area contributed by atoms with Crippen molar-refractivity contribution in [2.24, 2.45) is 5.92 Å². The molecule has 5 heterocycles. The number of hydrogen-bond donors (Lipinski definition) is 3. The number of amides is 1. The number of benzene rings is 1. The molecule has 0 fully saturated rings. The zero-order chi connectivity index (χ0) is 26.2. The van der Waals surface area contributed by atoms with Crippen molar-refractivity contribution in [3.8, 4) is 45.4 Å². The van der Waals surface area contributed by atoms with Crippen molar-refractivity contribution in [2.45, 2.75) is 26.3 Å². The lowest BCUT2D eigenvalue weighted by Gasteiger charge is -2.18. The number of aromatic nitrogens is 4. The molecule has 0 spiro atoms. The summed E-state index contributed by atoms with van der Waals surface area (Å²) in [5.74, 6) is 2.10. The Bertz CT molecular complexity index is 1610. The van der Waals surface area contributed by atoms with Gasteiger partial charge in [-0.3, -0.25) is 9.20 Å². The Morgan fingerprint density at radius 2 is 2.08 bits per heavy atom. The lowest BCUT2D eigenvalue weighted by Crippen LogP contribution is -2.39. The zero-order valence-corrected chi connectivity index (χ0v) is 21.8. The van der Waals surface area contributed by atoms with Gasteiger partial charge in [0, 0.05) is 22.7 Å². The van der Waals surface area contributed by atoms with Gasteiger partial charge in [-0.05, 0) is 54.1 Å². The molecule has 6 rings (SSSR count). The van der Waals surface area contributed by atoms with Crippen LogP contribution in [-0.2, 0) is 0 Å². The molecule has 3 N–H and O–H groups in total. The van der Waals surface area contributed by atoms with E-state index in [1.165, 1.54) is 0 Å². The van der Waals surface area contributed by atoms with Crippen molar-refractivity contribution >= 4 is 22.9 Å². The molecule has 1 amide bonds. The van der Waals surface area contributed by atoms with E-state index in [1.54, 1.807) is 21.9 Å². The average Bonchev–Trinajstić information content (AvgIpc) is 3.72. The van der Waals surface area contributed by atoms with Crippen LogP contribution in [0.3, 0.4) is 0 Å². The van der Waals surface area contributed by atoms with Crippen LogP contribution in [-0.4, -0.2) is 49.8 Å². The molecule has 0 radical (unpaired) electrons. The van der Waals surface area contributed by atoms with Crippen molar-refractivity contribution in [3.05, 3.63) is 65.2 Å². The van der Waals surface area contributed by atoms with Gasteiger partial charge < -0.3 is 24.9 Å². The number of carbonyl (C=O) groups is 1. The molecule has 1 atom stereocenters. The number of aliphatic hydroxyl groups excluding tert-OH is 1. The smallest absolute Gasteiger partial charge is 0.270 e. The molecule has 0 aliphatic carbocycles. The average molecular weight is 530 g/mol. The van der Waals surface area contributed by atoms with Crippen LogP contribution in [0.1, 0.15) is 30.8 Å². The SMILES string of the molecule is CC(C)C[C@@H](CO)NC(=O)c1c(-c2ccsc2)nc2c(-c3ncc(-c4ccc5c(c4)OCO5)[nH]3)cccn12. The van der Waals surface area contributed by atoms with E-state index in [4.69, 9.17) is 14.5 Å². The van der Waals surface area contributed by atoms with Crippen LogP contribution in [0.15, 0.2) is 59.6 Å². The highest BCUT2D eigenvalue weighted by molar-refractivity contribution is 7.08. The summed E-state index contributed by atoms with van der Waals surface area (Å²) in [5, 5.41) is 16.8. The molecular formula is C28H27N5O4S. The van der Waals surface area contributed by atoms with Gasteiger partial charge in [0.15, 0.2) is 11.5 Å². The van der Waals surface area contributed by atoms with E-state index in [0.717, 1.165) is 28.1 Å². The summed E-state index contributed by atoms with van der Waals surface area (Å²) in [6.45, 7) is 4.21. The molecule has 1 aliphatic heterocycles. The number of rotatable bonds is 8. The lowest BCUT2D eigenvalue weighted by molar-refractivity contribution is 0.0903. The summed E-state index contributed by atoms with van der Waals surface area (Å²) in [6, 6.07) is 11.2. The Morgan fingerprint density at radius 1 is 1.21 bits per heavy atom. The molecule has 1 aromatic carbocycles. The summed E-state index contributed by atoms with van der Waals surface area (Å²) >= 11 is 1.54. The van der Waals surface area contributed by atoms with Gasteiger partial charge in [-0.25, -0.2) is 9.97 Å². The summed E-state index contributed by atoms with van der Waals surface area (Å²) < 4.78 is 12.7. The topological polar surface area (TPSA) is 114 Å². The monoisotopic (exact) mass is 529 g/mol. The summed E-state index contributed by atoms with van der Waals surface area (Å²) in [5.41, 5.74) is 4.97. The Balaban J connectivity index is 1.42. The van der Waals surface area contributed by atoms with Gasteiger partial charge in [0.25, 0.3) is 5.91 Å². The first kappa shape index (κ1) is 24.2. The number of nitrogens with zero attached hydrogens (tertiary/aromatic N) is 3. The van der Waals surface area contributed by atoms with Gasteiger partial charge in [-0.2, -0.15) is 11.3 Å². The third kappa shape index (κ3) is 4.42. The number of pyridine rings is 1. The number of ether oxygens (including phenoxy) is 2. The highest BCUT2D eigenvalue weighted by atomic mass is 32.1. The van der Waals surface area contributed by atoms with Gasteiger partial charge in [-0.15, -0.1) is 0 Å². The molecule has 0 bridgehead atoms. The Morgan fingerprint density at radius 3 is 2.87 bits per heavy atom. The van der Waals surface area contributed by atoms with Crippen molar-refractivity contribution < 1.29 is 19.4 Å². The van der Waals surface area contributed by atoms with Crippen LogP contribution in [0.2, 0.25) is 0 Å². The van der Waals surface area contributed by atoms with E-state index in [0.29, 0.717) is 40.9 Å². The fraction of sp³-hybridized carbons (Fsp3) is 0.250. The Hall–Kier alpha value is -4.15. The number of imidazole rings is 2. The van der Waals surface area contributed by atoms with Crippen LogP contribution >= 0.6 is 11.3 Å². The summed E-state index contributed by atoms with van der Waals surface area (Å²) in [7, 11) is 0. The Kier molecular flexibility index (Phi) is 6.34. The second-order valence-corrected chi connectivity index (χ2v) is 10.4. The minimum Gasteiger partial charge on any atom is -0.454 e. The van der Waals surface area contributed by atoms with Crippen LogP contribution in [0.5, 0.6) is 11.5 Å². The van der Waals surface area contributed by atoms with E-state index in [9.17, 15) is 9.90 Å². The first-order chi connectivity index (χ1) is 18.5. The highest BCUT2D eigenvalue weighted by Crippen LogP contribution is 2.36. The fourth-order valence-corrected chi connectivity index (χ4v) is 5.38. The van der Waals surface area contributed by atoms with Crippen molar-refractivity contribution in [1.29, 1.82) is 0 Å². The molecule has 38 heavy (non-hydrogen) atoms. The molecule has 1 aliphatic rings. The molecule has 10 heteroatoms. The third-order valence-electron chi connectivity index (χ3n) is 6.49. The first-order valence-corrected chi connectivity index (χ1v) is 13.4. The van der Waals surface area contributed by atoms with Gasteiger partial charge in [0.2, 0.25) is 6.79 Å². The van der Waals surface area contributed by atoms with E-state index < -0.39 is 0 Å². The number of thiophene rings is 1. The van der Waals surface area contributed by atoms with E-state index >= 15 is 0 Å². The van der Waals surface area contributed by atoms with Crippen LogP contribution in [0, 0.1) is 5.92 Å². The molecule has 194 valence electrons. The van der Waals surface area contributed by atoms with Crippen molar-refractivity contribution in [3.63, 3.8) is 0 Å². The largest absolute Gasteiger partial charge is 0.454 e. The maximum Gasteiger partial charge on any atom is 0.270 e. The number of fused-ring (bicyclic) bond motifs is 2. The maximum absolute atomic E-state index is 13.6. The minimum absolute atomic E-state index is 0.130. The lowest BCUT2D eigenvalue weighted by atomic mass is 10.0. The first-order valence-electron chi connectivity index (χ1n) is 12.4. The molecular weight excluding hydrogens is 502 g/mol. The predicted octanol–water partition coefficient (Wildman–Crippen LogP) is 4.99. The number of aliphatic hydroxyl groups is 1. The molecule has 0 saturated heterocycles. The molecule has 9 nitrogen and oxygen atoms in total. The van der Waals surface area contributed by atoms with Crippen molar-refractivity contribution in [2.75, 3.05) is 13.4 Å².